The summed E-state index contributed by atoms with van der Waals surface area (Å²) in [6.45, 7) is 1.70. The molecule has 3 heteroatoms. The Morgan fingerprint density at radius 2 is 1.96 bits per heavy atom. The van der Waals surface area contributed by atoms with Crippen LogP contribution in [0.4, 0.5) is 0 Å². The molecular formula is C21H24N2O. The van der Waals surface area contributed by atoms with Gasteiger partial charge in [0.25, 0.3) is 0 Å². The molecular weight excluding hydrogens is 296 g/mol. The highest BCUT2D eigenvalue weighted by Crippen LogP contribution is 2.36. The smallest absolute Gasteiger partial charge is 0.120 e. The average molecular weight is 320 g/mol. The SMILES string of the molecule is CNCC1Cc2c(n(C)c3ccc(OCc4ccccc4)cc23)C1. The number of fused-ring (bicyclic) bond motifs is 3. The summed E-state index contributed by atoms with van der Waals surface area (Å²) in [5.41, 5.74) is 5.52. The Bertz CT molecular complexity index is 851. The minimum Gasteiger partial charge on any atom is -0.489 e. The Morgan fingerprint density at radius 1 is 1.12 bits per heavy atom. The van der Waals surface area contributed by atoms with Crippen molar-refractivity contribution >= 4 is 10.9 Å². The molecule has 1 unspecified atom stereocenters. The molecule has 1 aliphatic rings. The van der Waals surface area contributed by atoms with Crippen molar-refractivity contribution in [3.8, 4) is 5.75 Å². The van der Waals surface area contributed by atoms with E-state index in [9.17, 15) is 0 Å². The van der Waals surface area contributed by atoms with Crippen molar-refractivity contribution in [3.05, 3.63) is 65.4 Å². The molecule has 24 heavy (non-hydrogen) atoms. The first-order valence-corrected chi connectivity index (χ1v) is 8.67. The molecule has 0 radical (unpaired) electrons. The van der Waals surface area contributed by atoms with E-state index in [-0.39, 0.29) is 0 Å². The lowest BCUT2D eigenvalue weighted by molar-refractivity contribution is 0.306. The van der Waals surface area contributed by atoms with Crippen LogP contribution in [0, 0.1) is 5.92 Å². The van der Waals surface area contributed by atoms with Crippen LogP contribution < -0.4 is 10.1 Å². The van der Waals surface area contributed by atoms with Gasteiger partial charge in [0.15, 0.2) is 0 Å². The third-order valence-electron chi connectivity index (χ3n) is 5.12. The van der Waals surface area contributed by atoms with Gasteiger partial charge in [-0.15, -0.1) is 0 Å². The number of nitrogens with zero attached hydrogens (tertiary/aromatic N) is 1. The molecule has 0 fully saturated rings. The summed E-state index contributed by atoms with van der Waals surface area (Å²) in [6, 6.07) is 16.8. The van der Waals surface area contributed by atoms with Gasteiger partial charge in [-0.05, 0) is 61.7 Å². The molecule has 2 aromatic carbocycles. The number of nitrogens with one attached hydrogen (secondary N) is 1. The molecule has 4 rings (SSSR count). The maximum Gasteiger partial charge on any atom is 0.120 e. The Morgan fingerprint density at radius 3 is 2.75 bits per heavy atom. The van der Waals surface area contributed by atoms with E-state index >= 15 is 0 Å². The molecule has 1 aromatic heterocycles. The summed E-state index contributed by atoms with van der Waals surface area (Å²) in [4.78, 5) is 0. The molecule has 3 aromatic rings. The maximum absolute atomic E-state index is 6.02. The summed E-state index contributed by atoms with van der Waals surface area (Å²) in [5, 5.41) is 4.68. The van der Waals surface area contributed by atoms with Crippen LogP contribution in [-0.2, 0) is 26.5 Å². The van der Waals surface area contributed by atoms with Gasteiger partial charge in [0.2, 0.25) is 0 Å². The second kappa shape index (κ2) is 6.33. The highest BCUT2D eigenvalue weighted by molar-refractivity contribution is 5.87. The molecule has 1 atom stereocenters. The van der Waals surface area contributed by atoms with E-state index in [2.05, 4.69) is 47.3 Å². The molecule has 1 aliphatic carbocycles. The lowest BCUT2D eigenvalue weighted by Crippen LogP contribution is -2.19. The number of hydrogen-bond acceptors (Lipinski definition) is 2. The first-order valence-electron chi connectivity index (χ1n) is 8.67. The minimum absolute atomic E-state index is 0.615. The molecule has 0 spiro atoms. The first kappa shape index (κ1) is 15.3. The van der Waals surface area contributed by atoms with Crippen LogP contribution in [0.1, 0.15) is 16.8 Å². The summed E-state index contributed by atoms with van der Waals surface area (Å²) in [6.07, 6.45) is 2.33. The lowest BCUT2D eigenvalue weighted by Gasteiger charge is -2.10. The predicted molar refractivity (Wildman–Crippen MR) is 98.5 cm³/mol. The number of ether oxygens (including phenoxy) is 1. The summed E-state index contributed by atoms with van der Waals surface area (Å²) in [5.74, 6) is 1.67. The van der Waals surface area contributed by atoms with E-state index in [1.165, 1.54) is 34.1 Å². The Kier molecular flexibility index (Phi) is 4.03. The van der Waals surface area contributed by atoms with E-state index < -0.39 is 0 Å². The molecule has 1 N–H and O–H groups in total. The average Bonchev–Trinajstić information content (AvgIpc) is 3.13. The van der Waals surface area contributed by atoms with Gasteiger partial charge in [-0.1, -0.05) is 30.3 Å². The minimum atomic E-state index is 0.615. The van der Waals surface area contributed by atoms with Crippen LogP contribution in [0.25, 0.3) is 10.9 Å². The van der Waals surface area contributed by atoms with E-state index in [1.807, 2.05) is 25.2 Å². The third kappa shape index (κ3) is 2.69. The fourth-order valence-corrected chi connectivity index (χ4v) is 3.94. The van der Waals surface area contributed by atoms with Crippen molar-refractivity contribution < 1.29 is 4.74 Å². The van der Waals surface area contributed by atoms with Crippen molar-refractivity contribution in [2.75, 3.05) is 13.6 Å². The van der Waals surface area contributed by atoms with Gasteiger partial charge in [0.05, 0.1) is 0 Å². The number of aromatic nitrogens is 1. The standard InChI is InChI=1S/C21H24N2O/c1-22-13-16-10-18-19-12-17(24-14-15-6-4-3-5-7-15)8-9-20(19)23(2)21(18)11-16/h3-9,12,16,22H,10-11,13-14H2,1-2H3. The van der Waals surface area contributed by atoms with Gasteiger partial charge in [-0.3, -0.25) is 0 Å². The first-order chi connectivity index (χ1) is 11.8. The van der Waals surface area contributed by atoms with E-state index in [0.29, 0.717) is 12.5 Å². The summed E-state index contributed by atoms with van der Waals surface area (Å²) >= 11 is 0. The van der Waals surface area contributed by atoms with Gasteiger partial charge in [-0.2, -0.15) is 0 Å². The van der Waals surface area contributed by atoms with Crippen LogP contribution in [0.15, 0.2) is 48.5 Å². The van der Waals surface area contributed by atoms with Gasteiger partial charge in [0.1, 0.15) is 12.4 Å². The maximum atomic E-state index is 6.02. The van der Waals surface area contributed by atoms with Crippen LogP contribution in [0.2, 0.25) is 0 Å². The topological polar surface area (TPSA) is 26.2 Å². The second-order valence-corrected chi connectivity index (χ2v) is 6.77. The largest absolute Gasteiger partial charge is 0.489 e. The van der Waals surface area contributed by atoms with Crippen LogP contribution in [-0.4, -0.2) is 18.2 Å². The molecule has 124 valence electrons. The van der Waals surface area contributed by atoms with Crippen molar-refractivity contribution in [2.45, 2.75) is 19.4 Å². The van der Waals surface area contributed by atoms with Crippen molar-refractivity contribution in [1.82, 2.24) is 9.88 Å². The molecule has 0 bridgehead atoms. The van der Waals surface area contributed by atoms with Crippen LogP contribution in [0.3, 0.4) is 0 Å². The van der Waals surface area contributed by atoms with Crippen molar-refractivity contribution in [1.29, 1.82) is 0 Å². The Hall–Kier alpha value is -2.26. The second-order valence-electron chi connectivity index (χ2n) is 6.77. The van der Waals surface area contributed by atoms with Crippen LogP contribution in [0.5, 0.6) is 5.75 Å². The zero-order chi connectivity index (χ0) is 16.5. The predicted octanol–water partition coefficient (Wildman–Crippen LogP) is 3.69. The van der Waals surface area contributed by atoms with Crippen molar-refractivity contribution in [3.63, 3.8) is 0 Å². The Balaban J connectivity index is 1.60. The Labute approximate surface area is 143 Å². The van der Waals surface area contributed by atoms with Gasteiger partial charge in [-0.25, -0.2) is 0 Å². The fourth-order valence-electron chi connectivity index (χ4n) is 3.94. The molecule has 0 amide bonds. The number of hydrogen-bond donors (Lipinski definition) is 1. The molecule has 0 saturated heterocycles. The number of benzene rings is 2. The van der Waals surface area contributed by atoms with Gasteiger partial charge >= 0.3 is 0 Å². The van der Waals surface area contributed by atoms with Gasteiger partial charge < -0.3 is 14.6 Å². The van der Waals surface area contributed by atoms with Crippen LogP contribution >= 0.6 is 0 Å². The number of aryl methyl sites for hydroxylation is 1. The molecule has 1 heterocycles. The highest BCUT2D eigenvalue weighted by atomic mass is 16.5. The quantitative estimate of drug-likeness (QED) is 0.776. The molecule has 0 aliphatic heterocycles. The van der Waals surface area contributed by atoms with E-state index in [0.717, 1.165) is 18.7 Å². The van der Waals surface area contributed by atoms with E-state index in [4.69, 9.17) is 4.74 Å². The summed E-state index contributed by atoms with van der Waals surface area (Å²) in [7, 11) is 4.23. The molecule has 0 saturated carbocycles. The van der Waals surface area contributed by atoms with E-state index in [1.54, 1.807) is 0 Å². The molecule has 3 nitrogen and oxygen atoms in total. The van der Waals surface area contributed by atoms with Crippen molar-refractivity contribution in [2.24, 2.45) is 13.0 Å². The highest BCUT2D eigenvalue weighted by Gasteiger charge is 2.27. The zero-order valence-corrected chi connectivity index (χ0v) is 14.4. The third-order valence-corrected chi connectivity index (χ3v) is 5.12. The lowest BCUT2D eigenvalue weighted by atomic mass is 10.0. The monoisotopic (exact) mass is 320 g/mol. The fraction of sp³-hybridized carbons (Fsp3) is 0.333. The zero-order valence-electron chi connectivity index (χ0n) is 14.4. The van der Waals surface area contributed by atoms with Gasteiger partial charge in [0, 0.05) is 23.6 Å². The number of rotatable bonds is 5. The summed E-state index contributed by atoms with van der Waals surface area (Å²) < 4.78 is 8.38. The normalized spacial score (nSPS) is 16.5.